The van der Waals surface area contributed by atoms with Gasteiger partial charge in [0.05, 0.1) is 19.3 Å². The molecule has 7 nitrogen and oxygen atoms in total. The number of hydrogen-bond donors (Lipinski definition) is 1. The highest BCUT2D eigenvalue weighted by Gasteiger charge is 2.56. The molecule has 3 rings (SSSR count). The highest BCUT2D eigenvalue weighted by molar-refractivity contribution is 5.87. The molecule has 0 radical (unpaired) electrons. The number of hydrogen-bond acceptors (Lipinski definition) is 5. The third-order valence-corrected chi connectivity index (χ3v) is 6.73. The Balaban J connectivity index is 1.63. The quantitative estimate of drug-likeness (QED) is 0.667. The third-order valence-electron chi connectivity index (χ3n) is 6.73. The molecule has 1 heterocycles. The van der Waals surface area contributed by atoms with Crippen LogP contribution in [0.25, 0.3) is 0 Å². The Hall–Kier alpha value is -1.65. The summed E-state index contributed by atoms with van der Waals surface area (Å²) in [5.41, 5.74) is -0.756. The topological polar surface area (TPSA) is 85.7 Å². The van der Waals surface area contributed by atoms with Crippen LogP contribution in [-0.2, 0) is 14.3 Å². The van der Waals surface area contributed by atoms with E-state index < -0.39 is 5.54 Å². The van der Waals surface area contributed by atoms with Gasteiger partial charge in [-0.25, -0.2) is 0 Å². The number of rotatable bonds is 8. The summed E-state index contributed by atoms with van der Waals surface area (Å²) in [5.74, 6) is 0.249. The van der Waals surface area contributed by atoms with E-state index in [9.17, 15) is 14.9 Å². The average molecular weight is 405 g/mol. The summed E-state index contributed by atoms with van der Waals surface area (Å²) in [7, 11) is 3.96. The van der Waals surface area contributed by atoms with E-state index in [2.05, 4.69) is 16.3 Å². The van der Waals surface area contributed by atoms with Crippen molar-refractivity contribution in [2.45, 2.75) is 56.9 Å². The summed E-state index contributed by atoms with van der Waals surface area (Å²) in [6.45, 7) is 3.12. The first kappa shape index (κ1) is 22.0. The monoisotopic (exact) mass is 404 g/mol. The Morgan fingerprint density at radius 3 is 2.55 bits per heavy atom. The predicted octanol–water partition coefficient (Wildman–Crippen LogP) is 1.78. The van der Waals surface area contributed by atoms with Gasteiger partial charge >= 0.3 is 0 Å². The zero-order valence-electron chi connectivity index (χ0n) is 18.0. The molecule has 2 amide bonds. The molecule has 29 heavy (non-hydrogen) atoms. The lowest BCUT2D eigenvalue weighted by molar-refractivity contribution is -0.140. The molecule has 0 spiro atoms. The summed E-state index contributed by atoms with van der Waals surface area (Å²) in [6.07, 6.45) is 7.66. The van der Waals surface area contributed by atoms with E-state index in [-0.39, 0.29) is 30.1 Å². The van der Waals surface area contributed by atoms with E-state index in [1.54, 1.807) is 0 Å². The van der Waals surface area contributed by atoms with Crippen LogP contribution in [0.3, 0.4) is 0 Å². The van der Waals surface area contributed by atoms with Gasteiger partial charge in [-0.2, -0.15) is 5.26 Å². The van der Waals surface area contributed by atoms with Gasteiger partial charge in [0.1, 0.15) is 5.54 Å². The van der Waals surface area contributed by atoms with Crippen LogP contribution in [0.15, 0.2) is 0 Å². The number of carbonyl (C=O) groups is 2. The minimum Gasteiger partial charge on any atom is -0.378 e. The molecular formula is C22H36N4O3. The van der Waals surface area contributed by atoms with E-state index >= 15 is 0 Å². The average Bonchev–Trinajstić information content (AvgIpc) is 3.40. The van der Waals surface area contributed by atoms with Gasteiger partial charge in [0.15, 0.2) is 0 Å². The van der Waals surface area contributed by atoms with Gasteiger partial charge in [0, 0.05) is 37.9 Å². The van der Waals surface area contributed by atoms with Crippen LogP contribution < -0.4 is 5.32 Å². The molecule has 0 bridgehead atoms. The summed E-state index contributed by atoms with van der Waals surface area (Å²) in [4.78, 5) is 29.9. The fourth-order valence-corrected chi connectivity index (χ4v) is 4.89. The summed E-state index contributed by atoms with van der Waals surface area (Å²) in [6, 6.07) is 2.34. The molecule has 7 heteroatoms. The van der Waals surface area contributed by atoms with Crippen molar-refractivity contribution in [3.63, 3.8) is 0 Å². The van der Waals surface area contributed by atoms with Crippen molar-refractivity contribution in [3.05, 3.63) is 0 Å². The molecule has 2 saturated carbocycles. The van der Waals surface area contributed by atoms with Crippen molar-refractivity contribution in [1.82, 2.24) is 15.1 Å². The van der Waals surface area contributed by atoms with Gasteiger partial charge in [0.25, 0.3) is 0 Å². The molecular weight excluding hydrogens is 368 g/mol. The van der Waals surface area contributed by atoms with Crippen molar-refractivity contribution >= 4 is 11.8 Å². The molecule has 0 aromatic carbocycles. The molecule has 0 aromatic rings. The normalized spacial score (nSPS) is 28.6. The Bertz CT molecular complexity index is 620. The number of morpholine rings is 1. The smallest absolute Gasteiger partial charge is 0.224 e. The maximum atomic E-state index is 13.2. The maximum absolute atomic E-state index is 13.2. The van der Waals surface area contributed by atoms with Gasteiger partial charge in [-0.1, -0.05) is 32.1 Å². The van der Waals surface area contributed by atoms with Crippen molar-refractivity contribution < 1.29 is 14.3 Å². The fraction of sp³-hybridized carbons (Fsp3) is 0.864. The third kappa shape index (κ3) is 5.93. The first-order valence-electron chi connectivity index (χ1n) is 11.2. The van der Waals surface area contributed by atoms with Crippen LogP contribution >= 0.6 is 0 Å². The highest BCUT2D eigenvalue weighted by Crippen LogP contribution is 2.43. The zero-order chi connectivity index (χ0) is 20.9. The molecule has 3 aliphatic rings. The Kier molecular flexibility index (Phi) is 7.53. The first-order valence-corrected chi connectivity index (χ1v) is 11.2. The van der Waals surface area contributed by atoms with Crippen molar-refractivity contribution in [3.8, 4) is 6.07 Å². The lowest BCUT2D eigenvalue weighted by atomic mass is 9.81. The van der Waals surface area contributed by atoms with Crippen LogP contribution in [0.4, 0.5) is 0 Å². The molecule has 2 aliphatic carbocycles. The molecule has 1 N–H and O–H groups in total. The molecule has 3 atom stereocenters. The Labute approximate surface area is 174 Å². The van der Waals surface area contributed by atoms with Crippen LogP contribution in [0, 0.1) is 29.1 Å². The van der Waals surface area contributed by atoms with Gasteiger partial charge in [0.2, 0.25) is 11.8 Å². The molecule has 162 valence electrons. The summed E-state index contributed by atoms with van der Waals surface area (Å²) >= 11 is 0. The molecule has 3 fully saturated rings. The second-order valence-corrected chi connectivity index (χ2v) is 9.37. The molecule has 1 unspecified atom stereocenters. The lowest BCUT2D eigenvalue weighted by Crippen LogP contribution is -2.46. The second-order valence-electron chi connectivity index (χ2n) is 9.37. The standard InChI is InChI=1S/C22H36N4O3/c1-25(2)15-19-14-22(19,16-23)24-21(28)18(12-17-6-4-3-5-7-17)13-20(27)26-8-10-29-11-9-26/h17-19H,3-15H2,1-2H3,(H,24,28)/t18-,19?,22-/m1/s1. The van der Waals surface area contributed by atoms with Crippen molar-refractivity contribution in [1.29, 1.82) is 5.26 Å². The minimum absolute atomic E-state index is 0.0379. The van der Waals surface area contributed by atoms with E-state index in [1.807, 2.05) is 19.0 Å². The van der Waals surface area contributed by atoms with E-state index in [0.29, 0.717) is 38.6 Å². The van der Waals surface area contributed by atoms with Crippen molar-refractivity contribution in [2.75, 3.05) is 46.9 Å². The van der Waals surface area contributed by atoms with Gasteiger partial charge in [-0.05, 0) is 32.9 Å². The van der Waals surface area contributed by atoms with Crippen LogP contribution in [-0.4, -0.2) is 74.1 Å². The molecule has 1 saturated heterocycles. The maximum Gasteiger partial charge on any atom is 0.224 e. The first-order chi connectivity index (χ1) is 13.9. The fourth-order valence-electron chi connectivity index (χ4n) is 4.89. The number of amides is 2. The van der Waals surface area contributed by atoms with Gasteiger partial charge in [-0.3, -0.25) is 9.59 Å². The highest BCUT2D eigenvalue weighted by atomic mass is 16.5. The summed E-state index contributed by atoms with van der Waals surface area (Å²) < 4.78 is 5.34. The predicted molar refractivity (Wildman–Crippen MR) is 110 cm³/mol. The largest absolute Gasteiger partial charge is 0.378 e. The SMILES string of the molecule is CN(C)CC1C[C@]1(C#N)NC(=O)[C@@H](CC(=O)N1CCOCC1)CC1CCCCC1. The second kappa shape index (κ2) is 9.90. The Morgan fingerprint density at radius 2 is 1.93 bits per heavy atom. The zero-order valence-corrected chi connectivity index (χ0v) is 18.0. The number of nitrogens with one attached hydrogen (secondary N) is 1. The summed E-state index contributed by atoms with van der Waals surface area (Å²) in [5, 5.41) is 12.8. The number of ether oxygens (including phenoxy) is 1. The minimum atomic E-state index is -0.756. The van der Waals surface area contributed by atoms with E-state index in [4.69, 9.17) is 4.74 Å². The number of nitriles is 1. The number of carbonyl (C=O) groups excluding carboxylic acids is 2. The molecule has 0 aromatic heterocycles. The Morgan fingerprint density at radius 1 is 1.24 bits per heavy atom. The molecule has 1 aliphatic heterocycles. The van der Waals surface area contributed by atoms with Crippen LogP contribution in [0.2, 0.25) is 0 Å². The van der Waals surface area contributed by atoms with E-state index in [0.717, 1.165) is 25.8 Å². The van der Waals surface area contributed by atoms with Crippen LogP contribution in [0.5, 0.6) is 0 Å². The number of nitrogens with zero attached hydrogens (tertiary/aromatic N) is 3. The lowest BCUT2D eigenvalue weighted by Gasteiger charge is -2.30. The van der Waals surface area contributed by atoms with E-state index in [1.165, 1.54) is 19.3 Å². The van der Waals surface area contributed by atoms with Gasteiger partial charge < -0.3 is 19.9 Å². The van der Waals surface area contributed by atoms with Crippen molar-refractivity contribution in [2.24, 2.45) is 17.8 Å². The van der Waals surface area contributed by atoms with Gasteiger partial charge in [-0.15, -0.1) is 0 Å². The van der Waals surface area contributed by atoms with Crippen LogP contribution in [0.1, 0.15) is 51.4 Å².